The van der Waals surface area contributed by atoms with Gasteiger partial charge in [0, 0.05) is 17.7 Å². The summed E-state index contributed by atoms with van der Waals surface area (Å²) in [5.41, 5.74) is 4.78. The Kier molecular flexibility index (Phi) is 3.69. The van der Waals surface area contributed by atoms with Gasteiger partial charge in [-0.1, -0.05) is 25.9 Å². The number of nitrogens with two attached hydrogens (primary N) is 1. The molecule has 0 aliphatic rings. The van der Waals surface area contributed by atoms with Crippen molar-refractivity contribution < 1.29 is 17.7 Å². The van der Waals surface area contributed by atoms with E-state index in [1.165, 1.54) is 6.07 Å². The average molecular weight is 299 g/mol. The zero-order valence-corrected chi connectivity index (χ0v) is 12.0. The van der Waals surface area contributed by atoms with Crippen molar-refractivity contribution in [1.29, 1.82) is 0 Å². The minimum Gasteiger partial charge on any atom is -0.399 e. The number of hydrogen-bond donors (Lipinski definition) is 1. The Morgan fingerprint density at radius 3 is 2.38 bits per heavy atom. The lowest BCUT2D eigenvalue weighted by atomic mass is 9.92. The van der Waals surface area contributed by atoms with Crippen molar-refractivity contribution in [2.45, 2.75) is 33.4 Å². The lowest BCUT2D eigenvalue weighted by Crippen LogP contribution is -2.10. The fourth-order valence-corrected chi connectivity index (χ4v) is 1.86. The van der Waals surface area contributed by atoms with Crippen molar-refractivity contribution in [2.24, 2.45) is 5.41 Å². The van der Waals surface area contributed by atoms with Gasteiger partial charge in [0.05, 0.1) is 5.56 Å². The van der Waals surface area contributed by atoms with Gasteiger partial charge in [-0.15, -0.1) is 0 Å². The zero-order valence-electron chi connectivity index (χ0n) is 12.0. The number of rotatable bonds is 2. The molecule has 0 amide bonds. The fourth-order valence-electron chi connectivity index (χ4n) is 1.86. The monoisotopic (exact) mass is 299 g/mol. The standard InChI is InChI=1S/C14H16F3N3O/c1-13(2,3)7-11-19-12(21-20-11)8-4-9(14(15,16)17)6-10(18)5-8/h4-6H,7,18H2,1-3H3. The number of nitrogen functional groups attached to an aromatic ring is 1. The largest absolute Gasteiger partial charge is 0.416 e. The van der Waals surface area contributed by atoms with Crippen LogP contribution in [0.1, 0.15) is 32.2 Å². The Labute approximate surface area is 120 Å². The van der Waals surface area contributed by atoms with Crippen LogP contribution in [-0.4, -0.2) is 10.1 Å². The van der Waals surface area contributed by atoms with Gasteiger partial charge in [0.15, 0.2) is 5.82 Å². The first-order valence-corrected chi connectivity index (χ1v) is 6.35. The summed E-state index contributed by atoms with van der Waals surface area (Å²) >= 11 is 0. The Morgan fingerprint density at radius 1 is 1.14 bits per heavy atom. The summed E-state index contributed by atoms with van der Waals surface area (Å²) in [6.07, 6.45) is -3.91. The van der Waals surface area contributed by atoms with Crippen LogP contribution >= 0.6 is 0 Å². The van der Waals surface area contributed by atoms with Crippen LogP contribution in [0.3, 0.4) is 0 Å². The lowest BCUT2D eigenvalue weighted by Gasteiger charge is -2.14. The van der Waals surface area contributed by atoms with E-state index in [9.17, 15) is 13.2 Å². The normalized spacial score (nSPS) is 12.7. The van der Waals surface area contributed by atoms with Crippen LogP contribution in [0.4, 0.5) is 18.9 Å². The van der Waals surface area contributed by atoms with Crippen molar-refractivity contribution >= 4 is 5.69 Å². The van der Waals surface area contributed by atoms with Gasteiger partial charge in [0.2, 0.25) is 0 Å². The Hall–Kier alpha value is -2.05. The highest BCUT2D eigenvalue weighted by molar-refractivity contribution is 5.62. The van der Waals surface area contributed by atoms with E-state index in [-0.39, 0.29) is 22.6 Å². The van der Waals surface area contributed by atoms with E-state index in [4.69, 9.17) is 10.3 Å². The number of halogens is 3. The summed E-state index contributed by atoms with van der Waals surface area (Å²) in [5, 5.41) is 3.79. The summed E-state index contributed by atoms with van der Waals surface area (Å²) in [4.78, 5) is 4.13. The van der Waals surface area contributed by atoms with Gasteiger partial charge in [-0.3, -0.25) is 0 Å². The van der Waals surface area contributed by atoms with E-state index in [1.807, 2.05) is 20.8 Å². The number of nitrogens with zero attached hydrogens (tertiary/aromatic N) is 2. The summed E-state index contributed by atoms with van der Waals surface area (Å²) in [6.45, 7) is 6.02. The molecule has 0 aliphatic carbocycles. The molecule has 1 heterocycles. The summed E-state index contributed by atoms with van der Waals surface area (Å²) in [5.74, 6) is 0.487. The van der Waals surface area contributed by atoms with Crippen LogP contribution in [-0.2, 0) is 12.6 Å². The number of anilines is 1. The minimum absolute atomic E-state index is 0.00426. The smallest absolute Gasteiger partial charge is 0.399 e. The van der Waals surface area contributed by atoms with E-state index in [0.717, 1.165) is 12.1 Å². The van der Waals surface area contributed by atoms with Crippen molar-refractivity contribution in [3.63, 3.8) is 0 Å². The zero-order chi connectivity index (χ0) is 15.8. The molecule has 0 saturated heterocycles. The van der Waals surface area contributed by atoms with E-state index < -0.39 is 11.7 Å². The van der Waals surface area contributed by atoms with Crippen LogP contribution < -0.4 is 5.73 Å². The molecule has 21 heavy (non-hydrogen) atoms. The predicted octanol–water partition coefficient (Wildman–Crippen LogP) is 3.93. The van der Waals surface area contributed by atoms with Gasteiger partial charge in [-0.25, -0.2) is 0 Å². The molecule has 4 nitrogen and oxygen atoms in total. The molecular weight excluding hydrogens is 283 g/mol. The summed E-state index contributed by atoms with van der Waals surface area (Å²) in [7, 11) is 0. The first-order chi connectivity index (χ1) is 9.54. The van der Waals surface area contributed by atoms with Crippen molar-refractivity contribution in [3.8, 4) is 11.5 Å². The molecule has 114 valence electrons. The Bertz CT molecular complexity index is 642. The molecule has 0 aliphatic heterocycles. The third kappa shape index (κ3) is 3.96. The maximum Gasteiger partial charge on any atom is 0.416 e. The predicted molar refractivity (Wildman–Crippen MR) is 72.3 cm³/mol. The topological polar surface area (TPSA) is 64.9 Å². The van der Waals surface area contributed by atoms with Crippen LogP contribution in [0.2, 0.25) is 0 Å². The molecule has 0 spiro atoms. The third-order valence-corrected chi connectivity index (χ3v) is 2.69. The molecule has 0 radical (unpaired) electrons. The highest BCUT2D eigenvalue weighted by atomic mass is 19.4. The second-order valence-corrected chi connectivity index (χ2v) is 6.09. The van der Waals surface area contributed by atoms with Gasteiger partial charge in [-0.2, -0.15) is 18.2 Å². The Morgan fingerprint density at radius 2 is 1.81 bits per heavy atom. The van der Waals surface area contributed by atoms with Gasteiger partial charge in [0.1, 0.15) is 0 Å². The maximum atomic E-state index is 12.8. The van der Waals surface area contributed by atoms with Gasteiger partial charge in [-0.05, 0) is 23.6 Å². The second-order valence-electron chi connectivity index (χ2n) is 6.09. The number of hydrogen-bond acceptors (Lipinski definition) is 4. The number of alkyl halides is 3. The van der Waals surface area contributed by atoms with E-state index >= 15 is 0 Å². The van der Waals surface area contributed by atoms with E-state index in [1.54, 1.807) is 0 Å². The molecule has 1 aromatic heterocycles. The lowest BCUT2D eigenvalue weighted by molar-refractivity contribution is -0.137. The van der Waals surface area contributed by atoms with Crippen LogP contribution in [0.15, 0.2) is 22.7 Å². The molecule has 2 aromatic rings. The van der Waals surface area contributed by atoms with Gasteiger partial charge in [0.25, 0.3) is 5.89 Å². The summed E-state index contributed by atoms with van der Waals surface area (Å²) in [6, 6.07) is 3.20. The minimum atomic E-state index is -4.47. The van der Waals surface area contributed by atoms with Crippen molar-refractivity contribution in [2.75, 3.05) is 5.73 Å². The summed E-state index contributed by atoms with van der Waals surface area (Å²) < 4.78 is 43.3. The third-order valence-electron chi connectivity index (χ3n) is 2.69. The van der Waals surface area contributed by atoms with Gasteiger partial charge < -0.3 is 10.3 Å². The molecular formula is C14H16F3N3O. The fraction of sp³-hybridized carbons (Fsp3) is 0.429. The van der Waals surface area contributed by atoms with Crippen LogP contribution in [0.5, 0.6) is 0 Å². The van der Waals surface area contributed by atoms with Crippen molar-refractivity contribution in [1.82, 2.24) is 10.1 Å². The molecule has 0 unspecified atom stereocenters. The molecule has 0 fully saturated rings. The van der Waals surface area contributed by atoms with E-state index in [2.05, 4.69) is 10.1 Å². The first-order valence-electron chi connectivity index (χ1n) is 6.35. The van der Waals surface area contributed by atoms with Crippen molar-refractivity contribution in [3.05, 3.63) is 29.6 Å². The highest BCUT2D eigenvalue weighted by Gasteiger charge is 2.31. The Balaban J connectivity index is 2.37. The highest BCUT2D eigenvalue weighted by Crippen LogP contribution is 2.34. The molecule has 0 atom stereocenters. The molecule has 0 saturated carbocycles. The quantitative estimate of drug-likeness (QED) is 0.853. The average Bonchev–Trinajstić information content (AvgIpc) is 2.73. The molecule has 2 rings (SSSR count). The first kappa shape index (κ1) is 15.3. The molecule has 1 aromatic carbocycles. The molecule has 2 N–H and O–H groups in total. The number of aromatic nitrogens is 2. The second kappa shape index (κ2) is 5.05. The van der Waals surface area contributed by atoms with E-state index in [0.29, 0.717) is 12.2 Å². The van der Waals surface area contributed by atoms with Gasteiger partial charge >= 0.3 is 6.18 Å². The number of benzene rings is 1. The molecule has 0 bridgehead atoms. The van der Waals surface area contributed by atoms with Crippen LogP contribution in [0.25, 0.3) is 11.5 Å². The molecule has 7 heteroatoms. The maximum absolute atomic E-state index is 12.8. The van der Waals surface area contributed by atoms with Crippen LogP contribution in [0, 0.1) is 5.41 Å². The SMILES string of the molecule is CC(C)(C)Cc1noc(-c2cc(N)cc(C(F)(F)F)c2)n1.